The van der Waals surface area contributed by atoms with Crippen molar-refractivity contribution >= 4 is 23.3 Å². The number of hydrogen-bond acceptors (Lipinski definition) is 2. The lowest BCUT2D eigenvalue weighted by Gasteiger charge is -2.11. The molecule has 2 amide bonds. The molecule has 0 atom stereocenters. The molecule has 0 aromatic heterocycles. The largest absolute Gasteiger partial charge is 0.492 e. The molecule has 0 unspecified atom stereocenters. The van der Waals surface area contributed by atoms with Crippen molar-refractivity contribution in [2.45, 2.75) is 13.8 Å². The van der Waals surface area contributed by atoms with E-state index >= 15 is 0 Å². The van der Waals surface area contributed by atoms with Gasteiger partial charge in [-0.15, -0.1) is 0 Å². The van der Waals surface area contributed by atoms with E-state index in [2.05, 4.69) is 10.6 Å². The number of aryl methyl sites for hydroxylation is 2. The average molecular weight is 319 g/mol. The summed E-state index contributed by atoms with van der Waals surface area (Å²) in [6.45, 7) is 4.75. The Kier molecular flexibility index (Phi) is 5.67. The standard InChI is InChI=1S/C17H19ClN2O2/c1-12-3-7-15(8-4-12)22-10-9-19-17(21)20-16-11-14(18)6-5-13(16)2/h3-8,11H,9-10H2,1-2H3,(H2,19,20,21). The molecule has 0 aliphatic rings. The lowest BCUT2D eigenvalue weighted by molar-refractivity contribution is 0.247. The molecule has 22 heavy (non-hydrogen) atoms. The number of benzene rings is 2. The number of amides is 2. The summed E-state index contributed by atoms with van der Waals surface area (Å²) in [6, 6.07) is 12.9. The van der Waals surface area contributed by atoms with Crippen LogP contribution in [-0.4, -0.2) is 19.2 Å². The molecule has 4 nitrogen and oxygen atoms in total. The van der Waals surface area contributed by atoms with Gasteiger partial charge >= 0.3 is 6.03 Å². The summed E-state index contributed by atoms with van der Waals surface area (Å²) in [6.07, 6.45) is 0. The molecule has 0 heterocycles. The van der Waals surface area contributed by atoms with Crippen LogP contribution >= 0.6 is 11.6 Å². The van der Waals surface area contributed by atoms with Crippen LogP contribution < -0.4 is 15.4 Å². The molecule has 116 valence electrons. The first kappa shape index (κ1) is 16.2. The van der Waals surface area contributed by atoms with Gasteiger partial charge in [-0.1, -0.05) is 35.4 Å². The number of nitrogens with one attached hydrogen (secondary N) is 2. The third-order valence-corrected chi connectivity index (χ3v) is 3.36. The SMILES string of the molecule is Cc1ccc(OCCNC(=O)Nc2cc(Cl)ccc2C)cc1. The summed E-state index contributed by atoms with van der Waals surface area (Å²) >= 11 is 5.91. The number of urea groups is 1. The molecule has 0 saturated heterocycles. The first-order chi connectivity index (χ1) is 10.5. The van der Waals surface area contributed by atoms with Crippen LogP contribution in [0.25, 0.3) is 0 Å². The molecule has 2 aromatic carbocycles. The smallest absolute Gasteiger partial charge is 0.319 e. The van der Waals surface area contributed by atoms with Crippen molar-refractivity contribution in [3.63, 3.8) is 0 Å². The Morgan fingerprint density at radius 1 is 1.14 bits per heavy atom. The molecule has 0 bridgehead atoms. The second kappa shape index (κ2) is 7.71. The first-order valence-corrected chi connectivity index (χ1v) is 7.43. The minimum Gasteiger partial charge on any atom is -0.492 e. The summed E-state index contributed by atoms with van der Waals surface area (Å²) in [5.41, 5.74) is 2.83. The van der Waals surface area contributed by atoms with E-state index in [9.17, 15) is 4.79 Å². The number of anilines is 1. The van der Waals surface area contributed by atoms with Gasteiger partial charge in [0.15, 0.2) is 0 Å². The van der Waals surface area contributed by atoms with E-state index in [-0.39, 0.29) is 6.03 Å². The van der Waals surface area contributed by atoms with E-state index in [1.165, 1.54) is 5.56 Å². The second-order valence-electron chi connectivity index (χ2n) is 5.00. The zero-order chi connectivity index (χ0) is 15.9. The summed E-state index contributed by atoms with van der Waals surface area (Å²) in [5.74, 6) is 0.790. The van der Waals surface area contributed by atoms with Crippen molar-refractivity contribution in [1.29, 1.82) is 0 Å². The lowest BCUT2D eigenvalue weighted by Crippen LogP contribution is -2.32. The predicted octanol–water partition coefficient (Wildman–Crippen LogP) is 4.16. The first-order valence-electron chi connectivity index (χ1n) is 7.05. The van der Waals surface area contributed by atoms with E-state index in [0.29, 0.717) is 23.9 Å². The Morgan fingerprint density at radius 2 is 1.86 bits per heavy atom. The molecule has 2 aromatic rings. The third-order valence-electron chi connectivity index (χ3n) is 3.13. The highest BCUT2D eigenvalue weighted by Gasteiger charge is 2.04. The Balaban J connectivity index is 1.74. The van der Waals surface area contributed by atoms with E-state index in [4.69, 9.17) is 16.3 Å². The second-order valence-corrected chi connectivity index (χ2v) is 5.44. The van der Waals surface area contributed by atoms with Crippen molar-refractivity contribution in [1.82, 2.24) is 5.32 Å². The van der Waals surface area contributed by atoms with Crippen molar-refractivity contribution < 1.29 is 9.53 Å². The summed E-state index contributed by atoms with van der Waals surface area (Å²) in [7, 11) is 0. The summed E-state index contributed by atoms with van der Waals surface area (Å²) in [5, 5.41) is 6.10. The number of halogens is 1. The molecule has 2 N–H and O–H groups in total. The zero-order valence-electron chi connectivity index (χ0n) is 12.7. The van der Waals surface area contributed by atoms with Crippen molar-refractivity contribution in [3.05, 3.63) is 58.6 Å². The van der Waals surface area contributed by atoms with Crippen LogP contribution in [0.4, 0.5) is 10.5 Å². The monoisotopic (exact) mass is 318 g/mol. The molecule has 0 aliphatic heterocycles. The zero-order valence-corrected chi connectivity index (χ0v) is 13.4. The highest BCUT2D eigenvalue weighted by molar-refractivity contribution is 6.31. The minimum atomic E-state index is -0.280. The van der Waals surface area contributed by atoms with Crippen LogP contribution in [-0.2, 0) is 0 Å². The predicted molar refractivity (Wildman–Crippen MR) is 89.9 cm³/mol. The molecule has 0 spiro atoms. The molecule has 0 aliphatic carbocycles. The average Bonchev–Trinajstić information content (AvgIpc) is 2.49. The van der Waals surface area contributed by atoms with E-state index in [1.807, 2.05) is 44.2 Å². The van der Waals surface area contributed by atoms with Crippen LogP contribution in [0.3, 0.4) is 0 Å². The topological polar surface area (TPSA) is 50.4 Å². The van der Waals surface area contributed by atoms with Gasteiger partial charge in [0.1, 0.15) is 12.4 Å². The van der Waals surface area contributed by atoms with Gasteiger partial charge in [0, 0.05) is 10.7 Å². The van der Waals surface area contributed by atoms with Gasteiger partial charge in [0.2, 0.25) is 0 Å². The number of carbonyl (C=O) groups excluding carboxylic acids is 1. The fourth-order valence-electron chi connectivity index (χ4n) is 1.86. The Morgan fingerprint density at radius 3 is 2.59 bits per heavy atom. The highest BCUT2D eigenvalue weighted by atomic mass is 35.5. The maximum atomic E-state index is 11.8. The number of hydrogen-bond donors (Lipinski definition) is 2. The summed E-state index contributed by atoms with van der Waals surface area (Å²) in [4.78, 5) is 11.8. The van der Waals surface area contributed by atoms with Gasteiger partial charge < -0.3 is 15.4 Å². The van der Waals surface area contributed by atoms with E-state index in [0.717, 1.165) is 11.3 Å². The maximum Gasteiger partial charge on any atom is 0.319 e. The normalized spacial score (nSPS) is 10.1. The molecule has 0 fully saturated rings. The molecule has 0 radical (unpaired) electrons. The van der Waals surface area contributed by atoms with Gasteiger partial charge in [-0.05, 0) is 43.7 Å². The fraction of sp³-hybridized carbons (Fsp3) is 0.235. The van der Waals surface area contributed by atoms with Crippen LogP contribution in [0.1, 0.15) is 11.1 Å². The third kappa shape index (κ3) is 4.97. The maximum absolute atomic E-state index is 11.8. The summed E-state index contributed by atoms with van der Waals surface area (Å²) < 4.78 is 5.54. The van der Waals surface area contributed by atoms with E-state index < -0.39 is 0 Å². The Hall–Kier alpha value is -2.20. The number of ether oxygens (including phenoxy) is 1. The van der Waals surface area contributed by atoms with Crippen molar-refractivity contribution in [2.24, 2.45) is 0 Å². The molecule has 2 rings (SSSR count). The molecular weight excluding hydrogens is 300 g/mol. The van der Waals surface area contributed by atoms with Gasteiger partial charge in [-0.3, -0.25) is 0 Å². The van der Waals surface area contributed by atoms with Crippen LogP contribution in [0.2, 0.25) is 5.02 Å². The lowest BCUT2D eigenvalue weighted by atomic mass is 10.2. The fourth-order valence-corrected chi connectivity index (χ4v) is 2.04. The number of carbonyl (C=O) groups is 1. The molecular formula is C17H19ClN2O2. The van der Waals surface area contributed by atoms with Gasteiger partial charge in [0.05, 0.1) is 6.54 Å². The number of rotatable bonds is 5. The van der Waals surface area contributed by atoms with Crippen LogP contribution in [0, 0.1) is 13.8 Å². The quantitative estimate of drug-likeness (QED) is 0.813. The molecule has 5 heteroatoms. The molecule has 0 saturated carbocycles. The minimum absolute atomic E-state index is 0.280. The van der Waals surface area contributed by atoms with Crippen molar-refractivity contribution in [2.75, 3.05) is 18.5 Å². The Bertz CT molecular complexity index is 642. The van der Waals surface area contributed by atoms with Gasteiger partial charge in [-0.2, -0.15) is 0 Å². The van der Waals surface area contributed by atoms with Crippen LogP contribution in [0.5, 0.6) is 5.75 Å². The van der Waals surface area contributed by atoms with Gasteiger partial charge in [-0.25, -0.2) is 4.79 Å². The Labute approximate surface area is 135 Å². The van der Waals surface area contributed by atoms with Gasteiger partial charge in [0.25, 0.3) is 0 Å². The van der Waals surface area contributed by atoms with E-state index in [1.54, 1.807) is 12.1 Å². The van der Waals surface area contributed by atoms with Crippen molar-refractivity contribution in [3.8, 4) is 5.75 Å². The van der Waals surface area contributed by atoms with Crippen LogP contribution in [0.15, 0.2) is 42.5 Å². The highest BCUT2D eigenvalue weighted by Crippen LogP contribution is 2.19.